The fourth-order valence-electron chi connectivity index (χ4n) is 2.61. The number of aliphatic carboxylic acids is 2. The van der Waals surface area contributed by atoms with Crippen molar-refractivity contribution in [3.05, 3.63) is 84.0 Å². The van der Waals surface area contributed by atoms with E-state index in [0.717, 1.165) is 11.5 Å². The molecular formula is C29H40O8. The van der Waals surface area contributed by atoms with E-state index in [1.54, 1.807) is 0 Å². The molecular weight excluding hydrogens is 476 g/mol. The van der Waals surface area contributed by atoms with Gasteiger partial charge in [-0.1, -0.05) is 51.3 Å². The second-order valence-electron chi connectivity index (χ2n) is 8.70. The molecule has 8 nitrogen and oxygen atoms in total. The number of carboxylic acid groups (broad SMARTS) is 2. The van der Waals surface area contributed by atoms with E-state index < -0.39 is 11.9 Å². The number of benzene rings is 2. The predicted octanol–water partition coefficient (Wildman–Crippen LogP) is 4.83. The molecule has 2 aromatic carbocycles. The van der Waals surface area contributed by atoms with Crippen LogP contribution in [-0.4, -0.2) is 58.8 Å². The zero-order valence-electron chi connectivity index (χ0n) is 22.2. The Balaban J connectivity index is 0.000000896. The maximum Gasteiger partial charge on any atom is 0.330 e. The summed E-state index contributed by atoms with van der Waals surface area (Å²) in [5.74, 6) is -0.230. The molecule has 37 heavy (non-hydrogen) atoms. The first-order chi connectivity index (χ1) is 17.4. The first-order valence-electron chi connectivity index (χ1n) is 11.8. The van der Waals surface area contributed by atoms with E-state index in [4.69, 9.17) is 29.9 Å². The molecule has 2 rings (SSSR count). The van der Waals surface area contributed by atoms with E-state index in [2.05, 4.69) is 51.3 Å². The third-order valence-corrected chi connectivity index (χ3v) is 5.02. The third kappa shape index (κ3) is 13.9. The normalized spacial score (nSPS) is 10.1. The number of carboxylic acids is 2. The number of hydrogen-bond donors (Lipinski definition) is 4. The summed E-state index contributed by atoms with van der Waals surface area (Å²) in [4.78, 5) is 19.2. The van der Waals surface area contributed by atoms with Crippen molar-refractivity contribution in [1.29, 1.82) is 0 Å². The standard InChI is InChI=1S/C21H28O4.2C4H6O2/c1-21(2,17-5-9-19(10-6-17)24-15-3-13-22)18-7-11-20(12-8-18)25-16-4-14-23;2*1-3(2)4(5)6/h5-12,22-23H,3-4,13-16H2,1-2H3;2*1H2,2H3,(H,5,6). The minimum Gasteiger partial charge on any atom is -0.494 e. The van der Waals surface area contributed by atoms with Crippen molar-refractivity contribution in [2.45, 2.75) is 46.0 Å². The third-order valence-electron chi connectivity index (χ3n) is 5.02. The van der Waals surface area contributed by atoms with Crippen molar-refractivity contribution in [1.82, 2.24) is 0 Å². The van der Waals surface area contributed by atoms with Gasteiger partial charge >= 0.3 is 11.9 Å². The van der Waals surface area contributed by atoms with Crippen LogP contribution in [0.15, 0.2) is 72.8 Å². The van der Waals surface area contributed by atoms with Gasteiger partial charge in [-0.05, 0) is 49.2 Å². The molecule has 2 aromatic rings. The lowest BCUT2D eigenvalue weighted by Gasteiger charge is -2.26. The largest absolute Gasteiger partial charge is 0.494 e. The van der Waals surface area contributed by atoms with Gasteiger partial charge in [0.15, 0.2) is 0 Å². The average Bonchev–Trinajstić information content (AvgIpc) is 2.85. The molecule has 0 aliphatic heterocycles. The molecule has 0 unspecified atom stereocenters. The van der Waals surface area contributed by atoms with Crippen LogP contribution >= 0.6 is 0 Å². The Morgan fingerprint density at radius 3 is 1.19 bits per heavy atom. The highest BCUT2D eigenvalue weighted by Gasteiger charge is 2.23. The summed E-state index contributed by atoms with van der Waals surface area (Å²) in [6.45, 7) is 14.9. The zero-order valence-corrected chi connectivity index (χ0v) is 22.2. The van der Waals surface area contributed by atoms with E-state index in [1.807, 2.05) is 24.3 Å². The Kier molecular flexibility index (Phi) is 16.0. The van der Waals surface area contributed by atoms with Gasteiger partial charge in [0, 0.05) is 42.6 Å². The van der Waals surface area contributed by atoms with Gasteiger partial charge in [0.25, 0.3) is 0 Å². The Hall–Kier alpha value is -3.62. The molecule has 0 amide bonds. The Morgan fingerprint density at radius 1 is 0.703 bits per heavy atom. The van der Waals surface area contributed by atoms with E-state index in [0.29, 0.717) is 26.1 Å². The Labute approximate surface area is 219 Å². The number of carbonyl (C=O) groups is 2. The van der Waals surface area contributed by atoms with Crippen LogP contribution in [0, 0.1) is 0 Å². The average molecular weight is 517 g/mol. The molecule has 0 aromatic heterocycles. The maximum atomic E-state index is 9.60. The number of aliphatic hydroxyl groups is 2. The lowest BCUT2D eigenvalue weighted by molar-refractivity contribution is -0.133. The molecule has 8 heteroatoms. The molecule has 4 N–H and O–H groups in total. The van der Waals surface area contributed by atoms with E-state index >= 15 is 0 Å². The predicted molar refractivity (Wildman–Crippen MR) is 144 cm³/mol. The summed E-state index contributed by atoms with van der Waals surface area (Å²) in [6, 6.07) is 16.2. The van der Waals surface area contributed by atoms with Crippen LogP contribution in [0.1, 0.15) is 51.7 Å². The van der Waals surface area contributed by atoms with Gasteiger partial charge in [-0.15, -0.1) is 0 Å². The first-order valence-corrected chi connectivity index (χ1v) is 11.8. The fourth-order valence-corrected chi connectivity index (χ4v) is 2.61. The van der Waals surface area contributed by atoms with E-state index in [1.165, 1.54) is 25.0 Å². The molecule has 0 heterocycles. The Morgan fingerprint density at radius 2 is 0.973 bits per heavy atom. The smallest absolute Gasteiger partial charge is 0.330 e. The lowest BCUT2D eigenvalue weighted by atomic mass is 9.78. The monoisotopic (exact) mass is 516 g/mol. The molecule has 0 aliphatic carbocycles. The maximum absolute atomic E-state index is 9.60. The highest BCUT2D eigenvalue weighted by atomic mass is 16.5. The summed E-state index contributed by atoms with van der Waals surface area (Å²) in [7, 11) is 0. The van der Waals surface area contributed by atoms with Crippen molar-refractivity contribution in [2.24, 2.45) is 0 Å². The van der Waals surface area contributed by atoms with Crippen LogP contribution in [0.25, 0.3) is 0 Å². The highest BCUT2D eigenvalue weighted by Crippen LogP contribution is 2.33. The number of ether oxygens (including phenoxy) is 2. The highest BCUT2D eigenvalue weighted by molar-refractivity contribution is 5.85. The summed E-state index contributed by atoms with van der Waals surface area (Å²) in [5.41, 5.74) is 2.63. The Bertz CT molecular complexity index is 872. The van der Waals surface area contributed by atoms with Gasteiger partial charge in [0.2, 0.25) is 0 Å². The van der Waals surface area contributed by atoms with Crippen LogP contribution in [0.5, 0.6) is 11.5 Å². The van der Waals surface area contributed by atoms with Crippen molar-refractivity contribution in [3.63, 3.8) is 0 Å². The second-order valence-corrected chi connectivity index (χ2v) is 8.70. The van der Waals surface area contributed by atoms with Gasteiger partial charge in [-0.25, -0.2) is 9.59 Å². The molecule has 0 atom stereocenters. The van der Waals surface area contributed by atoms with Crippen molar-refractivity contribution in [2.75, 3.05) is 26.4 Å². The van der Waals surface area contributed by atoms with Gasteiger partial charge in [-0.2, -0.15) is 0 Å². The van der Waals surface area contributed by atoms with Crippen molar-refractivity contribution >= 4 is 11.9 Å². The molecule has 0 aliphatic rings. The zero-order chi connectivity index (χ0) is 28.4. The van der Waals surface area contributed by atoms with Crippen molar-refractivity contribution < 1.29 is 39.5 Å². The molecule has 0 saturated carbocycles. The minimum atomic E-state index is -0.935. The summed E-state index contributed by atoms with van der Waals surface area (Å²) in [5, 5.41) is 33.4. The summed E-state index contributed by atoms with van der Waals surface area (Å²) >= 11 is 0. The minimum absolute atomic E-state index is 0.132. The van der Waals surface area contributed by atoms with Crippen LogP contribution < -0.4 is 9.47 Å². The fraction of sp³-hybridized carbons (Fsp3) is 0.379. The molecule has 0 bridgehead atoms. The van der Waals surface area contributed by atoms with Crippen LogP contribution in [0.2, 0.25) is 0 Å². The van der Waals surface area contributed by atoms with E-state index in [-0.39, 0.29) is 29.8 Å². The van der Waals surface area contributed by atoms with Crippen molar-refractivity contribution in [3.8, 4) is 11.5 Å². The molecule has 0 saturated heterocycles. The molecule has 0 fully saturated rings. The van der Waals surface area contributed by atoms with Gasteiger partial charge < -0.3 is 29.9 Å². The van der Waals surface area contributed by atoms with Gasteiger partial charge in [-0.3, -0.25) is 0 Å². The quantitative estimate of drug-likeness (QED) is 0.233. The first kappa shape index (κ1) is 33.4. The summed E-state index contributed by atoms with van der Waals surface area (Å²) in [6.07, 6.45) is 1.28. The molecule has 0 spiro atoms. The topological polar surface area (TPSA) is 134 Å². The number of aliphatic hydroxyl groups excluding tert-OH is 2. The van der Waals surface area contributed by atoms with Gasteiger partial charge in [0.1, 0.15) is 11.5 Å². The van der Waals surface area contributed by atoms with E-state index in [9.17, 15) is 9.59 Å². The summed E-state index contributed by atoms with van der Waals surface area (Å²) < 4.78 is 11.2. The molecule has 204 valence electrons. The van der Waals surface area contributed by atoms with Crippen LogP contribution in [0.3, 0.4) is 0 Å². The number of hydrogen-bond acceptors (Lipinski definition) is 6. The molecule has 0 radical (unpaired) electrons. The van der Waals surface area contributed by atoms with Gasteiger partial charge in [0.05, 0.1) is 13.2 Å². The lowest BCUT2D eigenvalue weighted by Crippen LogP contribution is -2.18. The van der Waals surface area contributed by atoms with Crippen LogP contribution in [0.4, 0.5) is 0 Å². The number of rotatable bonds is 12. The second kappa shape index (κ2) is 17.8. The SMILES string of the molecule is C=C(C)C(=O)O.C=C(C)C(=O)O.CC(C)(c1ccc(OCCCO)cc1)c1ccc(OCCCO)cc1. The van der Waals surface area contributed by atoms with Crippen LogP contribution in [-0.2, 0) is 15.0 Å².